The summed E-state index contributed by atoms with van der Waals surface area (Å²) in [7, 11) is 0. The van der Waals surface area contributed by atoms with Gasteiger partial charge in [0.05, 0.1) is 26.4 Å². The second-order valence-electron chi connectivity index (χ2n) is 13.4. The van der Waals surface area contributed by atoms with Crippen molar-refractivity contribution in [2.24, 2.45) is 23.2 Å². The lowest BCUT2D eigenvalue weighted by Crippen LogP contribution is -2.49. The number of aliphatic hydroxyl groups excluding tert-OH is 3. The summed E-state index contributed by atoms with van der Waals surface area (Å²) in [6.45, 7) is -0.569. The van der Waals surface area contributed by atoms with E-state index in [0.717, 1.165) is 51.4 Å². The van der Waals surface area contributed by atoms with Crippen LogP contribution < -0.4 is 4.74 Å². The third kappa shape index (κ3) is 6.22. The van der Waals surface area contributed by atoms with Crippen molar-refractivity contribution in [2.45, 2.75) is 88.9 Å². The zero-order chi connectivity index (χ0) is 29.9. The molecule has 3 N–H and O–H groups in total. The van der Waals surface area contributed by atoms with Crippen LogP contribution in [0.4, 0.5) is 17.6 Å². The molecule has 42 heavy (non-hydrogen) atoms. The Hall–Kier alpha value is -2.16. The van der Waals surface area contributed by atoms with E-state index in [1.165, 1.54) is 37.5 Å². The molecule has 2 aromatic carbocycles. The quantitative estimate of drug-likeness (QED) is 0.148. The molecule has 0 atom stereocenters. The first kappa shape index (κ1) is 31.3. The molecule has 4 nitrogen and oxygen atoms in total. The first-order valence-corrected chi connectivity index (χ1v) is 15.7. The molecule has 4 fully saturated rings. The van der Waals surface area contributed by atoms with Crippen LogP contribution in [0.1, 0.15) is 89.0 Å². The summed E-state index contributed by atoms with van der Waals surface area (Å²) in [5, 5.41) is 28.1. The average molecular weight is 593 g/mol. The summed E-state index contributed by atoms with van der Waals surface area (Å²) < 4.78 is 66.4. The number of unbranched alkanes of at least 4 members (excludes halogenated alkanes) is 5. The van der Waals surface area contributed by atoms with Crippen molar-refractivity contribution < 1.29 is 37.6 Å². The minimum absolute atomic E-state index is 0.196. The van der Waals surface area contributed by atoms with Crippen molar-refractivity contribution >= 4 is 0 Å². The Morgan fingerprint density at radius 1 is 0.643 bits per heavy atom. The Bertz CT molecular complexity index is 1180. The molecule has 0 radical (unpaired) electrons. The second kappa shape index (κ2) is 13.2. The van der Waals surface area contributed by atoms with E-state index in [0.29, 0.717) is 36.2 Å². The third-order valence-corrected chi connectivity index (χ3v) is 10.4. The summed E-state index contributed by atoms with van der Waals surface area (Å²) in [6.07, 6.45) is 11.7. The van der Waals surface area contributed by atoms with Crippen molar-refractivity contribution in [1.29, 1.82) is 0 Å². The largest absolute Gasteiger partial charge is 0.490 e. The summed E-state index contributed by atoms with van der Waals surface area (Å²) in [5.41, 5.74) is -1.37. The van der Waals surface area contributed by atoms with Crippen LogP contribution in [-0.2, 0) is 5.41 Å². The number of benzene rings is 2. The van der Waals surface area contributed by atoms with Gasteiger partial charge in [0.2, 0.25) is 5.82 Å². The van der Waals surface area contributed by atoms with Crippen LogP contribution in [0.5, 0.6) is 5.75 Å². The molecule has 4 aliphatic rings. The van der Waals surface area contributed by atoms with Gasteiger partial charge in [-0.2, -0.15) is 4.39 Å². The van der Waals surface area contributed by atoms with Gasteiger partial charge in [0.25, 0.3) is 0 Å². The standard InChI is InChI=1S/C34H44F4O4/c35-29-25(7-9-27(31(29)37)34-16-22-13-23(17-34)15-24(14-22)18-34)26-8-10-28(32(38)30(26)36)42-12-6-4-2-1-3-5-11-33(19-39,20-40)21-41/h7-10,22-24,39-41H,1-6,11-21H2. The lowest BCUT2D eigenvalue weighted by molar-refractivity contribution is -0.00701. The number of hydrogen-bond acceptors (Lipinski definition) is 4. The molecule has 0 spiro atoms. The van der Waals surface area contributed by atoms with E-state index in [1.807, 2.05) is 0 Å². The average Bonchev–Trinajstić information content (AvgIpc) is 2.97. The van der Waals surface area contributed by atoms with Crippen LogP contribution >= 0.6 is 0 Å². The Morgan fingerprint density at radius 2 is 1.14 bits per heavy atom. The summed E-state index contributed by atoms with van der Waals surface area (Å²) in [6, 6.07) is 5.53. The first-order chi connectivity index (χ1) is 20.2. The van der Waals surface area contributed by atoms with Crippen LogP contribution in [-0.4, -0.2) is 41.7 Å². The van der Waals surface area contributed by atoms with Crippen LogP contribution in [0.25, 0.3) is 11.1 Å². The van der Waals surface area contributed by atoms with Crippen molar-refractivity contribution in [2.75, 3.05) is 26.4 Å². The van der Waals surface area contributed by atoms with Gasteiger partial charge in [-0.1, -0.05) is 44.2 Å². The first-order valence-electron chi connectivity index (χ1n) is 15.7. The van der Waals surface area contributed by atoms with E-state index in [2.05, 4.69) is 0 Å². The number of ether oxygens (including phenoxy) is 1. The van der Waals surface area contributed by atoms with E-state index in [4.69, 9.17) is 4.74 Å². The molecule has 0 amide bonds. The van der Waals surface area contributed by atoms with Gasteiger partial charge in [-0.05, 0) is 92.2 Å². The molecule has 4 bridgehead atoms. The fourth-order valence-corrected chi connectivity index (χ4v) is 8.34. The molecule has 6 rings (SSSR count). The Kier molecular flexibility index (Phi) is 9.85. The van der Waals surface area contributed by atoms with Crippen molar-refractivity contribution in [3.05, 3.63) is 53.1 Å². The minimum atomic E-state index is -1.25. The number of halogens is 4. The fraction of sp³-hybridized carbons (Fsp3) is 0.647. The van der Waals surface area contributed by atoms with Crippen LogP contribution in [0.15, 0.2) is 24.3 Å². The molecule has 4 saturated carbocycles. The third-order valence-electron chi connectivity index (χ3n) is 10.4. The zero-order valence-corrected chi connectivity index (χ0v) is 24.3. The van der Waals surface area contributed by atoms with Gasteiger partial charge in [-0.25, -0.2) is 13.2 Å². The molecular weight excluding hydrogens is 548 g/mol. The number of hydrogen-bond donors (Lipinski definition) is 3. The predicted octanol–water partition coefficient (Wildman–Crippen LogP) is 7.45. The van der Waals surface area contributed by atoms with E-state index >= 15 is 13.2 Å². The van der Waals surface area contributed by atoms with Crippen LogP contribution in [0.2, 0.25) is 0 Å². The molecule has 0 saturated heterocycles. The molecule has 8 heteroatoms. The lowest BCUT2D eigenvalue weighted by atomic mass is 9.48. The zero-order valence-electron chi connectivity index (χ0n) is 24.3. The van der Waals surface area contributed by atoms with Gasteiger partial charge in [-0.3, -0.25) is 0 Å². The summed E-state index contributed by atoms with van der Waals surface area (Å²) >= 11 is 0. The monoisotopic (exact) mass is 592 g/mol. The van der Waals surface area contributed by atoms with E-state index < -0.39 is 28.7 Å². The Balaban J connectivity index is 1.14. The summed E-state index contributed by atoms with van der Waals surface area (Å²) in [4.78, 5) is 0. The number of rotatable bonds is 15. The molecule has 4 aliphatic carbocycles. The predicted molar refractivity (Wildman–Crippen MR) is 153 cm³/mol. The lowest BCUT2D eigenvalue weighted by Gasteiger charge is -2.57. The minimum Gasteiger partial charge on any atom is -0.490 e. The van der Waals surface area contributed by atoms with E-state index in [9.17, 15) is 19.7 Å². The Labute approximate surface area is 246 Å². The maximum atomic E-state index is 15.6. The highest BCUT2D eigenvalue weighted by atomic mass is 19.2. The van der Waals surface area contributed by atoms with Crippen LogP contribution in [0, 0.1) is 46.4 Å². The second-order valence-corrected chi connectivity index (χ2v) is 13.4. The highest BCUT2D eigenvalue weighted by Gasteiger charge is 2.52. The molecule has 0 heterocycles. The van der Waals surface area contributed by atoms with Crippen molar-refractivity contribution in [3.8, 4) is 16.9 Å². The number of aliphatic hydroxyl groups is 3. The maximum Gasteiger partial charge on any atom is 0.201 e. The van der Waals surface area contributed by atoms with Crippen molar-refractivity contribution in [1.82, 2.24) is 0 Å². The van der Waals surface area contributed by atoms with Gasteiger partial charge in [0, 0.05) is 16.5 Å². The van der Waals surface area contributed by atoms with Crippen molar-refractivity contribution in [3.63, 3.8) is 0 Å². The highest BCUT2D eigenvalue weighted by Crippen LogP contribution is 2.61. The van der Waals surface area contributed by atoms with E-state index in [-0.39, 0.29) is 48.7 Å². The fourth-order valence-electron chi connectivity index (χ4n) is 8.34. The van der Waals surface area contributed by atoms with Gasteiger partial charge in [0.1, 0.15) is 0 Å². The molecular formula is C34H44F4O4. The van der Waals surface area contributed by atoms with Crippen LogP contribution in [0.3, 0.4) is 0 Å². The summed E-state index contributed by atoms with van der Waals surface area (Å²) in [5.74, 6) is -3.05. The molecule has 0 unspecified atom stereocenters. The maximum absolute atomic E-state index is 15.6. The molecule has 2 aromatic rings. The SMILES string of the molecule is OCC(CO)(CO)CCCCCCCCOc1ccc(-c2ccc(C34CC5CC(CC(C5)C3)C4)c(F)c2F)c(F)c1F. The van der Waals surface area contributed by atoms with E-state index in [1.54, 1.807) is 6.07 Å². The topological polar surface area (TPSA) is 69.9 Å². The smallest absolute Gasteiger partial charge is 0.201 e. The molecule has 0 aliphatic heterocycles. The Morgan fingerprint density at radius 3 is 1.71 bits per heavy atom. The van der Waals surface area contributed by atoms with Gasteiger partial charge >= 0.3 is 0 Å². The highest BCUT2D eigenvalue weighted by molar-refractivity contribution is 5.67. The normalized spacial score (nSPS) is 24.9. The molecule has 232 valence electrons. The van der Waals surface area contributed by atoms with Gasteiger partial charge in [-0.15, -0.1) is 0 Å². The van der Waals surface area contributed by atoms with Gasteiger partial charge in [0.15, 0.2) is 23.2 Å². The molecule has 0 aromatic heterocycles. The van der Waals surface area contributed by atoms with Gasteiger partial charge < -0.3 is 20.1 Å².